The van der Waals surface area contributed by atoms with E-state index in [-0.39, 0.29) is 6.09 Å². The number of nitrogens with zero attached hydrogens (tertiary/aromatic N) is 2. The molecule has 0 saturated heterocycles. The van der Waals surface area contributed by atoms with Crippen LogP contribution in [0.15, 0.2) is 24.4 Å². The van der Waals surface area contributed by atoms with Gasteiger partial charge in [-0.2, -0.15) is 0 Å². The number of rotatable bonds is 1. The maximum atomic E-state index is 11.6. The van der Waals surface area contributed by atoms with Gasteiger partial charge in [-0.05, 0) is 19.8 Å². The van der Waals surface area contributed by atoms with Crippen LogP contribution in [-0.4, -0.2) is 36.3 Å². The summed E-state index contributed by atoms with van der Waals surface area (Å²) in [7, 11) is 1.86. The lowest BCUT2D eigenvalue weighted by Gasteiger charge is -2.26. The molecule has 1 rings (SSSR count). The van der Waals surface area contributed by atoms with E-state index in [2.05, 4.69) is 12.2 Å². The smallest absolute Gasteiger partial charge is 0.428 e. The second kappa shape index (κ2) is 6.24. The third kappa shape index (κ3) is 3.75. The van der Waals surface area contributed by atoms with Gasteiger partial charge in [-0.1, -0.05) is 18.2 Å². The minimum atomic E-state index is -0.327. The van der Waals surface area contributed by atoms with Gasteiger partial charge in [-0.15, -0.1) is 0 Å². The highest BCUT2D eigenvalue weighted by Crippen LogP contribution is 2.05. The lowest BCUT2D eigenvalue weighted by atomic mass is 10.3. The van der Waals surface area contributed by atoms with Crippen LogP contribution in [0.5, 0.6) is 0 Å². The van der Waals surface area contributed by atoms with Crippen molar-refractivity contribution in [3.05, 3.63) is 24.4 Å². The lowest BCUT2D eigenvalue weighted by Crippen LogP contribution is -2.40. The number of hydrazine groups is 1. The summed E-state index contributed by atoms with van der Waals surface area (Å²) in [6.07, 6.45) is 9.55. The van der Waals surface area contributed by atoms with Crippen molar-refractivity contribution in [2.24, 2.45) is 0 Å². The van der Waals surface area contributed by atoms with Crippen molar-refractivity contribution in [1.82, 2.24) is 10.0 Å². The fourth-order valence-electron chi connectivity index (χ4n) is 1.30. The number of hydrogen-bond acceptors (Lipinski definition) is 3. The first kappa shape index (κ1) is 11.8. The van der Waals surface area contributed by atoms with E-state index in [1.54, 1.807) is 13.1 Å². The second-order valence-corrected chi connectivity index (χ2v) is 3.32. The molecule has 4 heteroatoms. The molecule has 0 fully saturated rings. The van der Waals surface area contributed by atoms with Crippen LogP contribution in [0.2, 0.25) is 0 Å². The molecule has 15 heavy (non-hydrogen) atoms. The van der Waals surface area contributed by atoms with E-state index in [9.17, 15) is 4.79 Å². The number of ether oxygens (including phenoxy) is 1. The van der Waals surface area contributed by atoms with Gasteiger partial charge >= 0.3 is 6.09 Å². The van der Waals surface area contributed by atoms with Crippen LogP contribution in [0.3, 0.4) is 0 Å². The van der Waals surface area contributed by atoms with Crippen LogP contribution in [0.1, 0.15) is 19.8 Å². The Hall–Kier alpha value is -1.29. The maximum Gasteiger partial charge on any atom is 0.428 e. The van der Waals surface area contributed by atoms with Gasteiger partial charge in [0.15, 0.2) is 0 Å². The maximum absolute atomic E-state index is 11.6. The van der Waals surface area contributed by atoms with Crippen LogP contribution in [-0.2, 0) is 4.74 Å². The molecule has 4 nitrogen and oxygen atoms in total. The highest BCUT2D eigenvalue weighted by molar-refractivity contribution is 5.68. The molecule has 0 N–H and O–H groups in total. The van der Waals surface area contributed by atoms with Gasteiger partial charge in [0, 0.05) is 19.8 Å². The number of carbonyl (C=O) groups is 1. The van der Waals surface area contributed by atoms with Crippen molar-refractivity contribution >= 4 is 6.09 Å². The van der Waals surface area contributed by atoms with Crippen molar-refractivity contribution in [1.29, 1.82) is 0 Å². The van der Waals surface area contributed by atoms with Crippen LogP contribution >= 0.6 is 0 Å². The molecule has 1 aliphatic rings. The molecule has 0 aromatic heterocycles. The van der Waals surface area contributed by atoms with Crippen molar-refractivity contribution in [3.8, 4) is 0 Å². The summed E-state index contributed by atoms with van der Waals surface area (Å²) in [5.74, 6) is 0. The van der Waals surface area contributed by atoms with Gasteiger partial charge in [0.25, 0.3) is 0 Å². The number of amides is 1. The van der Waals surface area contributed by atoms with Gasteiger partial charge in [-0.3, -0.25) is 0 Å². The molecule has 0 bridgehead atoms. The zero-order chi connectivity index (χ0) is 11.1. The number of hydrogen-bond donors (Lipinski definition) is 0. The summed E-state index contributed by atoms with van der Waals surface area (Å²) in [5, 5.41) is 3.31. The van der Waals surface area contributed by atoms with Gasteiger partial charge in [0.05, 0.1) is 6.61 Å². The van der Waals surface area contributed by atoms with E-state index in [1.165, 1.54) is 5.01 Å². The van der Waals surface area contributed by atoms with Crippen molar-refractivity contribution in [3.63, 3.8) is 0 Å². The fraction of sp³-hybridized carbons (Fsp3) is 0.545. The van der Waals surface area contributed by atoms with Crippen molar-refractivity contribution < 1.29 is 9.53 Å². The Morgan fingerprint density at radius 2 is 2.07 bits per heavy atom. The topological polar surface area (TPSA) is 32.8 Å². The van der Waals surface area contributed by atoms with E-state index < -0.39 is 0 Å². The van der Waals surface area contributed by atoms with Crippen LogP contribution in [0.4, 0.5) is 4.79 Å². The SMILES string of the molecule is CCOC(=O)N1/C=C/CC/C=C/CN1C. The summed E-state index contributed by atoms with van der Waals surface area (Å²) >= 11 is 0. The van der Waals surface area contributed by atoms with E-state index in [0.717, 1.165) is 12.8 Å². The molecule has 1 amide bonds. The van der Waals surface area contributed by atoms with Gasteiger partial charge in [0.1, 0.15) is 0 Å². The normalized spacial score (nSPS) is 22.4. The highest BCUT2D eigenvalue weighted by Gasteiger charge is 2.15. The summed E-state index contributed by atoms with van der Waals surface area (Å²) in [6.45, 7) is 2.91. The Morgan fingerprint density at radius 3 is 2.80 bits per heavy atom. The van der Waals surface area contributed by atoms with Crippen LogP contribution in [0, 0.1) is 0 Å². The standard InChI is InChI=1S/C11H18N2O2/c1-3-15-11(14)13-10-8-6-4-5-7-9-12(13)2/h5,7-8,10H,3-4,6,9H2,1-2H3/b7-5+,10-8+. The van der Waals surface area contributed by atoms with Crippen LogP contribution in [0.25, 0.3) is 0 Å². The molecular weight excluding hydrogens is 192 g/mol. The minimum absolute atomic E-state index is 0.327. The van der Waals surface area contributed by atoms with E-state index in [1.807, 2.05) is 18.1 Å². The lowest BCUT2D eigenvalue weighted by molar-refractivity contribution is 0.0383. The third-order valence-electron chi connectivity index (χ3n) is 2.11. The Kier molecular flexibility index (Phi) is 4.90. The summed E-state index contributed by atoms with van der Waals surface area (Å²) in [4.78, 5) is 11.6. The number of allylic oxidation sites excluding steroid dienone is 2. The van der Waals surface area contributed by atoms with Crippen molar-refractivity contribution in [2.45, 2.75) is 19.8 Å². The second-order valence-electron chi connectivity index (χ2n) is 3.32. The predicted octanol–water partition coefficient (Wildman–Crippen LogP) is 2.16. The molecule has 0 aromatic rings. The van der Waals surface area contributed by atoms with E-state index >= 15 is 0 Å². The molecule has 0 spiro atoms. The highest BCUT2D eigenvalue weighted by atomic mass is 16.6. The molecule has 0 aliphatic carbocycles. The average Bonchev–Trinajstić information content (AvgIpc) is 2.30. The number of carbonyl (C=O) groups excluding carboxylic acids is 1. The molecule has 1 aliphatic heterocycles. The summed E-state index contributed by atoms with van der Waals surface area (Å²) < 4.78 is 4.96. The third-order valence-corrected chi connectivity index (χ3v) is 2.11. The first-order chi connectivity index (χ1) is 7.25. The Balaban J connectivity index is 2.68. The van der Waals surface area contributed by atoms with Crippen LogP contribution < -0.4 is 0 Å². The molecule has 0 saturated carbocycles. The molecule has 1 heterocycles. The summed E-state index contributed by atoms with van der Waals surface area (Å²) in [6, 6.07) is 0. The number of likely N-dealkylation sites (N-methyl/N-ethyl adjacent to an activating group) is 1. The Morgan fingerprint density at radius 1 is 1.33 bits per heavy atom. The fourth-order valence-corrected chi connectivity index (χ4v) is 1.30. The first-order valence-electron chi connectivity index (χ1n) is 5.24. The minimum Gasteiger partial charge on any atom is -0.449 e. The average molecular weight is 210 g/mol. The van der Waals surface area contributed by atoms with E-state index in [0.29, 0.717) is 13.2 Å². The summed E-state index contributed by atoms with van der Waals surface area (Å²) in [5.41, 5.74) is 0. The van der Waals surface area contributed by atoms with Crippen molar-refractivity contribution in [2.75, 3.05) is 20.2 Å². The molecule has 0 aromatic carbocycles. The van der Waals surface area contributed by atoms with Gasteiger partial charge in [0.2, 0.25) is 0 Å². The zero-order valence-corrected chi connectivity index (χ0v) is 9.35. The Labute approximate surface area is 90.8 Å². The molecule has 0 unspecified atom stereocenters. The Bertz CT molecular complexity index is 261. The predicted molar refractivity (Wildman–Crippen MR) is 59.0 cm³/mol. The monoisotopic (exact) mass is 210 g/mol. The molecular formula is C11H18N2O2. The largest absolute Gasteiger partial charge is 0.449 e. The molecule has 0 radical (unpaired) electrons. The quantitative estimate of drug-likeness (QED) is 0.622. The van der Waals surface area contributed by atoms with E-state index in [4.69, 9.17) is 4.74 Å². The zero-order valence-electron chi connectivity index (χ0n) is 9.35. The first-order valence-corrected chi connectivity index (χ1v) is 5.24. The van der Waals surface area contributed by atoms with Gasteiger partial charge in [-0.25, -0.2) is 14.8 Å². The molecule has 84 valence electrons. The molecule has 0 atom stereocenters. The van der Waals surface area contributed by atoms with Gasteiger partial charge < -0.3 is 4.74 Å².